The molecule has 0 spiro atoms. The Bertz CT molecular complexity index is 620. The summed E-state index contributed by atoms with van der Waals surface area (Å²) in [6.45, 7) is -0.0872. The molecular weight excluding hydrogens is 297 g/mol. The van der Waals surface area contributed by atoms with E-state index in [0.29, 0.717) is 18.6 Å². The molecule has 21 heavy (non-hydrogen) atoms. The van der Waals surface area contributed by atoms with Crippen LogP contribution in [0.1, 0.15) is 17.5 Å². The smallest absolute Gasteiger partial charge is 0.211 e. The predicted octanol–water partition coefficient (Wildman–Crippen LogP) is 0.625. The Kier molecular flexibility index (Phi) is 7.32. The minimum atomic E-state index is -3.47. The van der Waals surface area contributed by atoms with Crippen molar-refractivity contribution in [2.75, 3.05) is 26.1 Å². The van der Waals surface area contributed by atoms with Crippen LogP contribution in [0.2, 0.25) is 0 Å². The summed E-state index contributed by atoms with van der Waals surface area (Å²) in [5.74, 6) is 4.50. The summed E-state index contributed by atoms with van der Waals surface area (Å²) < 4.78 is 44.1. The van der Waals surface area contributed by atoms with Crippen LogP contribution in [0.25, 0.3) is 0 Å². The maximum atomic E-state index is 13.6. The first-order valence-electron chi connectivity index (χ1n) is 6.33. The van der Waals surface area contributed by atoms with Crippen molar-refractivity contribution in [1.29, 1.82) is 0 Å². The van der Waals surface area contributed by atoms with E-state index in [1.165, 1.54) is 25.3 Å². The number of methoxy groups -OCH3 is 1. The van der Waals surface area contributed by atoms with Crippen molar-refractivity contribution in [3.05, 3.63) is 35.1 Å². The molecule has 0 aromatic heterocycles. The first-order chi connectivity index (χ1) is 9.98. The molecule has 0 fully saturated rings. The standard InChI is InChI=1S/C14H18FNO4S/c1-20-8-3-9-21(18,19)16-11-13-10-12(4-2-7-17)5-6-14(13)15/h5-6,10,16-17H,3,7-9,11H2,1H3. The van der Waals surface area contributed by atoms with Crippen molar-refractivity contribution < 1.29 is 22.7 Å². The van der Waals surface area contributed by atoms with Crippen molar-refractivity contribution in [2.24, 2.45) is 0 Å². The highest BCUT2D eigenvalue weighted by molar-refractivity contribution is 7.89. The van der Waals surface area contributed by atoms with Crippen molar-refractivity contribution in [2.45, 2.75) is 13.0 Å². The fraction of sp³-hybridized carbons (Fsp3) is 0.429. The van der Waals surface area contributed by atoms with Crippen LogP contribution in [0.3, 0.4) is 0 Å². The molecule has 7 heteroatoms. The van der Waals surface area contributed by atoms with Gasteiger partial charge in [0.25, 0.3) is 0 Å². The topological polar surface area (TPSA) is 75.6 Å². The highest BCUT2D eigenvalue weighted by atomic mass is 32.2. The summed E-state index contributed by atoms with van der Waals surface area (Å²) in [5, 5.41) is 8.61. The first-order valence-corrected chi connectivity index (χ1v) is 7.98. The van der Waals surface area contributed by atoms with Gasteiger partial charge in [-0.15, -0.1) is 0 Å². The minimum absolute atomic E-state index is 0.0769. The lowest BCUT2D eigenvalue weighted by atomic mass is 10.1. The summed E-state index contributed by atoms with van der Waals surface area (Å²) in [4.78, 5) is 0. The molecule has 0 radical (unpaired) electrons. The summed E-state index contributed by atoms with van der Waals surface area (Å²) in [5.41, 5.74) is 0.717. The van der Waals surface area contributed by atoms with E-state index in [-0.39, 0.29) is 24.5 Å². The average molecular weight is 315 g/mol. The van der Waals surface area contributed by atoms with E-state index in [2.05, 4.69) is 16.6 Å². The highest BCUT2D eigenvalue weighted by Gasteiger charge is 2.11. The molecule has 0 aliphatic carbocycles. The van der Waals surface area contributed by atoms with Crippen LogP contribution in [-0.4, -0.2) is 39.6 Å². The molecule has 0 unspecified atom stereocenters. The van der Waals surface area contributed by atoms with Crippen molar-refractivity contribution in [1.82, 2.24) is 4.72 Å². The second kappa shape index (κ2) is 8.74. The van der Waals surface area contributed by atoms with Gasteiger partial charge in [-0.1, -0.05) is 11.8 Å². The third-order valence-electron chi connectivity index (χ3n) is 2.60. The molecule has 0 aliphatic heterocycles. The van der Waals surface area contributed by atoms with Gasteiger partial charge in [0.05, 0.1) is 5.75 Å². The number of nitrogens with one attached hydrogen (secondary N) is 1. The number of aliphatic hydroxyl groups is 1. The van der Waals surface area contributed by atoms with E-state index in [1.54, 1.807) is 0 Å². The van der Waals surface area contributed by atoms with Gasteiger partial charge in [-0.2, -0.15) is 0 Å². The predicted molar refractivity (Wildman–Crippen MR) is 77.5 cm³/mol. The van der Waals surface area contributed by atoms with E-state index in [9.17, 15) is 12.8 Å². The van der Waals surface area contributed by atoms with Crippen LogP contribution in [-0.2, 0) is 21.3 Å². The van der Waals surface area contributed by atoms with E-state index in [1.807, 2.05) is 0 Å². The maximum absolute atomic E-state index is 13.6. The van der Waals surface area contributed by atoms with Crippen LogP contribution >= 0.6 is 0 Å². The van der Waals surface area contributed by atoms with Crippen LogP contribution in [0.4, 0.5) is 4.39 Å². The second-order valence-electron chi connectivity index (χ2n) is 4.25. The van der Waals surface area contributed by atoms with Crippen LogP contribution < -0.4 is 4.72 Å². The summed E-state index contributed by atoms with van der Waals surface area (Å²) >= 11 is 0. The minimum Gasteiger partial charge on any atom is -0.385 e. The number of hydrogen-bond donors (Lipinski definition) is 2. The average Bonchev–Trinajstić information content (AvgIpc) is 2.45. The molecular formula is C14H18FNO4S. The van der Waals surface area contributed by atoms with Gasteiger partial charge in [0.15, 0.2) is 0 Å². The van der Waals surface area contributed by atoms with Crippen molar-refractivity contribution in [3.8, 4) is 11.8 Å². The summed E-state index contributed by atoms with van der Waals surface area (Å²) in [6.07, 6.45) is 0.371. The number of sulfonamides is 1. The normalized spacial score (nSPS) is 11.0. The Hall–Kier alpha value is -1.46. The lowest BCUT2D eigenvalue weighted by molar-refractivity contribution is 0.199. The summed E-state index contributed by atoms with van der Waals surface area (Å²) in [7, 11) is -1.98. The lowest BCUT2D eigenvalue weighted by Crippen LogP contribution is -2.27. The van der Waals surface area contributed by atoms with Gasteiger partial charge in [-0.25, -0.2) is 17.5 Å². The third kappa shape index (κ3) is 6.69. The Morgan fingerprint density at radius 3 is 2.86 bits per heavy atom. The number of hydrogen-bond acceptors (Lipinski definition) is 4. The first kappa shape index (κ1) is 17.6. The van der Waals surface area contributed by atoms with E-state index < -0.39 is 15.8 Å². The molecule has 0 aliphatic rings. The number of benzene rings is 1. The maximum Gasteiger partial charge on any atom is 0.211 e. The molecule has 0 saturated heterocycles. The number of rotatable bonds is 7. The zero-order valence-corrected chi connectivity index (χ0v) is 12.5. The molecule has 5 nitrogen and oxygen atoms in total. The lowest BCUT2D eigenvalue weighted by Gasteiger charge is -2.08. The third-order valence-corrected chi connectivity index (χ3v) is 4.01. The van der Waals surface area contributed by atoms with Gasteiger partial charge in [-0.05, 0) is 24.6 Å². The molecule has 0 bridgehead atoms. The van der Waals surface area contributed by atoms with Gasteiger partial charge in [0.1, 0.15) is 12.4 Å². The number of halogens is 1. The Morgan fingerprint density at radius 1 is 1.43 bits per heavy atom. The monoisotopic (exact) mass is 315 g/mol. The van der Waals surface area contributed by atoms with Crippen molar-refractivity contribution >= 4 is 10.0 Å². The molecule has 1 aromatic carbocycles. The molecule has 0 amide bonds. The molecule has 1 rings (SSSR count). The number of aliphatic hydroxyl groups excluding tert-OH is 1. The van der Waals surface area contributed by atoms with Crippen LogP contribution in [0, 0.1) is 17.7 Å². The Balaban J connectivity index is 2.70. The van der Waals surface area contributed by atoms with Gasteiger partial charge in [0.2, 0.25) is 10.0 Å². The zero-order chi connectivity index (χ0) is 15.7. The molecule has 0 heterocycles. The largest absolute Gasteiger partial charge is 0.385 e. The Morgan fingerprint density at radius 2 is 2.19 bits per heavy atom. The van der Waals surface area contributed by atoms with Gasteiger partial charge >= 0.3 is 0 Å². The molecule has 0 atom stereocenters. The fourth-order valence-corrected chi connectivity index (χ4v) is 2.60. The van der Waals surface area contributed by atoms with Crippen LogP contribution in [0.15, 0.2) is 18.2 Å². The molecule has 0 saturated carbocycles. The second-order valence-corrected chi connectivity index (χ2v) is 6.18. The van der Waals surface area contributed by atoms with Gasteiger partial charge in [0, 0.05) is 31.4 Å². The van der Waals surface area contributed by atoms with E-state index in [0.717, 1.165) is 0 Å². The molecule has 116 valence electrons. The highest BCUT2D eigenvalue weighted by Crippen LogP contribution is 2.10. The molecule has 2 N–H and O–H groups in total. The number of ether oxygens (including phenoxy) is 1. The fourth-order valence-electron chi connectivity index (χ4n) is 1.58. The van der Waals surface area contributed by atoms with E-state index >= 15 is 0 Å². The van der Waals surface area contributed by atoms with Gasteiger partial charge < -0.3 is 9.84 Å². The van der Waals surface area contributed by atoms with Crippen molar-refractivity contribution in [3.63, 3.8) is 0 Å². The Labute approximate surface area is 124 Å². The molecule has 1 aromatic rings. The quantitative estimate of drug-likeness (QED) is 0.571. The van der Waals surface area contributed by atoms with E-state index in [4.69, 9.17) is 9.84 Å². The van der Waals surface area contributed by atoms with Gasteiger partial charge in [-0.3, -0.25) is 0 Å². The zero-order valence-electron chi connectivity index (χ0n) is 11.7. The van der Waals surface area contributed by atoms with Crippen LogP contribution in [0.5, 0.6) is 0 Å². The SMILES string of the molecule is COCCCS(=O)(=O)NCc1cc(C#CCO)ccc1F. The summed E-state index contributed by atoms with van der Waals surface area (Å²) in [6, 6.07) is 4.14.